The Bertz CT molecular complexity index is 1390. The Hall–Kier alpha value is -3.79. The third-order valence-electron chi connectivity index (χ3n) is 5.78. The molecule has 39 heavy (non-hydrogen) atoms. The average molecular weight is 588 g/mol. The molecule has 1 saturated heterocycles. The molecule has 0 aromatic carbocycles. The Morgan fingerprint density at radius 1 is 1.36 bits per heavy atom. The van der Waals surface area contributed by atoms with Gasteiger partial charge in [-0.15, -0.1) is 0 Å². The van der Waals surface area contributed by atoms with E-state index in [-0.39, 0.29) is 34.6 Å². The highest BCUT2D eigenvalue weighted by Gasteiger charge is 2.56. The van der Waals surface area contributed by atoms with Gasteiger partial charge in [-0.05, 0) is 19.5 Å². The minimum Gasteiger partial charge on any atom is -0.478 e. The number of anilines is 1. The highest BCUT2D eigenvalue weighted by molar-refractivity contribution is 7.84. The minimum atomic E-state index is -4.99. The van der Waals surface area contributed by atoms with Crippen molar-refractivity contribution in [2.45, 2.75) is 50.0 Å². The van der Waals surface area contributed by atoms with Crippen molar-refractivity contribution in [2.75, 3.05) is 18.8 Å². The monoisotopic (exact) mass is 587 g/mol. The molecule has 2 fully saturated rings. The molecule has 3 heterocycles. The van der Waals surface area contributed by atoms with E-state index in [0.717, 1.165) is 22.7 Å². The fraction of sp³-hybridized carbons (Fsp3) is 0.556. The SMILES string of the molecule is NCCCNCc1cnn(CC2C(NC(=O)/C(=N\OC3(C(=O)O)CC3)c3nsc(N)n3)C(=O)N2S(=O)(=O)O)n1. The van der Waals surface area contributed by atoms with E-state index >= 15 is 0 Å². The number of rotatable bonds is 14. The smallest absolute Gasteiger partial charge is 0.362 e. The molecule has 0 spiro atoms. The summed E-state index contributed by atoms with van der Waals surface area (Å²) in [5.41, 5.74) is 9.35. The Morgan fingerprint density at radius 3 is 2.69 bits per heavy atom. The molecule has 1 saturated carbocycles. The lowest BCUT2D eigenvalue weighted by molar-refractivity contribution is -0.153. The van der Waals surface area contributed by atoms with Gasteiger partial charge in [0.05, 0.1) is 18.4 Å². The zero-order valence-electron chi connectivity index (χ0n) is 20.1. The Labute approximate surface area is 224 Å². The molecular formula is C18H25N11O8S2. The van der Waals surface area contributed by atoms with Gasteiger partial charge in [-0.25, -0.2) is 9.10 Å². The van der Waals surface area contributed by atoms with Crippen LogP contribution in [0.25, 0.3) is 0 Å². The largest absolute Gasteiger partial charge is 0.478 e. The zero-order chi connectivity index (χ0) is 28.4. The Morgan fingerprint density at radius 2 is 2.10 bits per heavy atom. The second kappa shape index (κ2) is 11.1. The van der Waals surface area contributed by atoms with E-state index in [1.165, 1.54) is 6.20 Å². The quantitative estimate of drug-likeness (QED) is 0.0414. The molecule has 2 atom stereocenters. The third-order valence-corrected chi connectivity index (χ3v) is 7.27. The molecule has 4 rings (SSSR count). The molecule has 2 aliphatic rings. The molecule has 0 radical (unpaired) electrons. The molecule has 2 aromatic heterocycles. The second-order valence-corrected chi connectivity index (χ2v) is 10.7. The Balaban J connectivity index is 1.51. The van der Waals surface area contributed by atoms with Crippen LogP contribution in [-0.2, 0) is 42.6 Å². The first kappa shape index (κ1) is 28.2. The van der Waals surface area contributed by atoms with Gasteiger partial charge in [-0.2, -0.15) is 32.8 Å². The number of nitrogens with zero attached hydrogens (tertiary/aromatic N) is 7. The van der Waals surface area contributed by atoms with Gasteiger partial charge in [0, 0.05) is 30.9 Å². The van der Waals surface area contributed by atoms with Crippen LogP contribution in [0.1, 0.15) is 30.8 Å². The third kappa shape index (κ3) is 6.27. The number of carboxylic acids is 1. The zero-order valence-corrected chi connectivity index (χ0v) is 21.8. The van der Waals surface area contributed by atoms with Crippen LogP contribution in [0.2, 0.25) is 0 Å². The molecule has 8 N–H and O–H groups in total. The van der Waals surface area contributed by atoms with Gasteiger partial charge < -0.3 is 32.0 Å². The molecule has 212 valence electrons. The van der Waals surface area contributed by atoms with Crippen molar-refractivity contribution in [3.8, 4) is 0 Å². The first-order valence-electron chi connectivity index (χ1n) is 11.5. The van der Waals surface area contributed by atoms with E-state index in [9.17, 15) is 32.5 Å². The fourth-order valence-electron chi connectivity index (χ4n) is 3.57. The number of amides is 2. The summed E-state index contributed by atoms with van der Waals surface area (Å²) in [5, 5.41) is 26.6. The van der Waals surface area contributed by atoms with Gasteiger partial charge in [0.1, 0.15) is 12.1 Å². The molecule has 21 heteroatoms. The van der Waals surface area contributed by atoms with E-state index in [2.05, 4.69) is 35.3 Å². The number of oxime groups is 1. The summed E-state index contributed by atoms with van der Waals surface area (Å²) in [5.74, 6) is -3.80. The number of aromatic nitrogens is 5. The van der Waals surface area contributed by atoms with Gasteiger partial charge in [-0.1, -0.05) is 5.16 Å². The number of aliphatic carboxylic acids is 1. The van der Waals surface area contributed by atoms with Gasteiger partial charge in [-0.3, -0.25) is 14.1 Å². The summed E-state index contributed by atoms with van der Waals surface area (Å²) in [4.78, 5) is 47.2. The lowest BCUT2D eigenvalue weighted by atomic mass is 9.98. The number of hydrogen-bond donors (Lipinski definition) is 6. The minimum absolute atomic E-state index is 0.0295. The van der Waals surface area contributed by atoms with E-state index in [1.807, 2.05) is 0 Å². The normalized spacial score (nSPS) is 20.4. The number of nitrogens with two attached hydrogens (primary N) is 2. The summed E-state index contributed by atoms with van der Waals surface area (Å²) >= 11 is 0.726. The summed E-state index contributed by atoms with van der Waals surface area (Å²) in [7, 11) is -4.99. The van der Waals surface area contributed by atoms with Crippen molar-refractivity contribution in [3.63, 3.8) is 0 Å². The molecular weight excluding hydrogens is 562 g/mol. The molecule has 1 aliphatic carbocycles. The molecule has 1 aliphatic heterocycles. The number of carboxylic acid groups (broad SMARTS) is 1. The number of β-lactam (4-membered cyclic amide) rings is 1. The highest BCUT2D eigenvalue weighted by atomic mass is 32.2. The van der Waals surface area contributed by atoms with Gasteiger partial charge in [0.2, 0.25) is 17.1 Å². The van der Waals surface area contributed by atoms with Crippen molar-refractivity contribution in [2.24, 2.45) is 10.9 Å². The number of nitrogens with one attached hydrogen (secondary N) is 2. The van der Waals surface area contributed by atoms with Crippen LogP contribution in [0.5, 0.6) is 0 Å². The number of nitrogen functional groups attached to an aromatic ring is 1. The first-order chi connectivity index (χ1) is 18.4. The van der Waals surface area contributed by atoms with Crippen molar-refractivity contribution in [3.05, 3.63) is 17.7 Å². The molecule has 2 aromatic rings. The van der Waals surface area contributed by atoms with Crippen molar-refractivity contribution in [1.82, 2.24) is 39.3 Å². The van der Waals surface area contributed by atoms with Crippen LogP contribution in [0.3, 0.4) is 0 Å². The lowest BCUT2D eigenvalue weighted by Gasteiger charge is -2.43. The maximum atomic E-state index is 13.1. The highest BCUT2D eigenvalue weighted by Crippen LogP contribution is 2.40. The molecule has 0 bridgehead atoms. The van der Waals surface area contributed by atoms with Crippen LogP contribution in [0.4, 0.5) is 5.13 Å². The predicted molar refractivity (Wildman–Crippen MR) is 131 cm³/mol. The van der Waals surface area contributed by atoms with Crippen LogP contribution in [0, 0.1) is 0 Å². The van der Waals surface area contributed by atoms with Gasteiger partial charge in [0.25, 0.3) is 11.8 Å². The predicted octanol–water partition coefficient (Wildman–Crippen LogP) is -3.31. The lowest BCUT2D eigenvalue weighted by Crippen LogP contribution is -2.73. The van der Waals surface area contributed by atoms with E-state index in [4.69, 9.17) is 16.3 Å². The average Bonchev–Trinajstić information content (AvgIpc) is 3.33. The molecule has 2 unspecified atom stereocenters. The number of carbonyl (C=O) groups is 3. The maximum absolute atomic E-state index is 13.1. The van der Waals surface area contributed by atoms with Crippen LogP contribution >= 0.6 is 11.5 Å². The standard InChI is InChI=1S/C18H25N11O8S2/c19-4-1-5-21-6-9-7-22-28(25-9)8-10-11(15(31)29(10)39(34,35)36)23-14(30)12(13-24-17(20)38-27-13)26-37-18(2-3-18)16(32)33/h7,10-11,21H,1-6,8,19H2,(H,23,30)(H,32,33)(H2,20,24,27)(H,34,35,36)/b26-12-. The first-order valence-corrected chi connectivity index (χ1v) is 13.6. The summed E-state index contributed by atoms with van der Waals surface area (Å²) < 4.78 is 37.3. The molecule has 2 amide bonds. The van der Waals surface area contributed by atoms with Crippen LogP contribution in [0.15, 0.2) is 11.4 Å². The van der Waals surface area contributed by atoms with E-state index in [1.54, 1.807) is 0 Å². The van der Waals surface area contributed by atoms with Crippen LogP contribution < -0.4 is 22.1 Å². The van der Waals surface area contributed by atoms with Gasteiger partial charge in [0.15, 0.2) is 5.13 Å². The fourth-order valence-corrected chi connectivity index (χ4v) is 4.88. The van der Waals surface area contributed by atoms with Crippen LogP contribution in [-0.4, -0.2) is 101 Å². The van der Waals surface area contributed by atoms with Crippen molar-refractivity contribution < 1.29 is 37.3 Å². The van der Waals surface area contributed by atoms with E-state index in [0.29, 0.717) is 25.3 Å². The summed E-state index contributed by atoms with van der Waals surface area (Å²) in [6.07, 6.45) is 2.49. The van der Waals surface area contributed by atoms with E-state index < -0.39 is 51.5 Å². The summed E-state index contributed by atoms with van der Waals surface area (Å²) in [6.45, 7) is 1.20. The van der Waals surface area contributed by atoms with Crippen molar-refractivity contribution >= 4 is 50.5 Å². The number of carbonyl (C=O) groups excluding carboxylic acids is 2. The van der Waals surface area contributed by atoms with Gasteiger partial charge >= 0.3 is 16.3 Å². The number of hydrogen-bond acceptors (Lipinski definition) is 15. The van der Waals surface area contributed by atoms with Crippen molar-refractivity contribution in [1.29, 1.82) is 0 Å². The second-order valence-electron chi connectivity index (χ2n) is 8.63. The molecule has 19 nitrogen and oxygen atoms in total. The maximum Gasteiger partial charge on any atom is 0.362 e. The Kier molecular flexibility index (Phi) is 8.06. The summed E-state index contributed by atoms with van der Waals surface area (Å²) in [6, 6.07) is -2.78. The topological polar surface area (TPSA) is 283 Å².